The number of anilines is 1. The predicted octanol–water partition coefficient (Wildman–Crippen LogP) is 3.82. The number of methoxy groups -OCH3 is 1. The van der Waals surface area contributed by atoms with E-state index in [-0.39, 0.29) is 14.1 Å². The summed E-state index contributed by atoms with van der Waals surface area (Å²) in [6, 6.07) is 16.4. The normalized spacial score (nSPS) is 16.5. The minimum Gasteiger partial charge on any atom is -0.496 e. The average Bonchev–Trinajstić information content (AvgIpc) is 3.50. The van der Waals surface area contributed by atoms with E-state index in [0.717, 1.165) is 18.4 Å². The Hall–Kier alpha value is -3.58. The first-order valence-corrected chi connectivity index (χ1v) is 10.1. The van der Waals surface area contributed by atoms with E-state index in [9.17, 15) is 9.90 Å². The maximum atomic E-state index is 13.0. The number of aliphatic hydroxyl groups excluding tert-OH is 1. The molecule has 7 heteroatoms. The van der Waals surface area contributed by atoms with E-state index in [0.29, 0.717) is 34.2 Å². The molecule has 2 aliphatic rings. The number of pyridine rings is 1. The Morgan fingerprint density at radius 1 is 1.16 bits per heavy atom. The van der Waals surface area contributed by atoms with Gasteiger partial charge in [0.25, 0.3) is 0 Å². The summed E-state index contributed by atoms with van der Waals surface area (Å²) in [6.07, 6.45) is 2.22. The number of benzene rings is 2. The lowest BCUT2D eigenvalue weighted by Crippen LogP contribution is -2.28. The maximum Gasteiger partial charge on any atom is 0.236 e. The summed E-state index contributed by atoms with van der Waals surface area (Å²) in [5, 5.41) is 13.6. The SMILES string of the molecule is COc1ccccc1C(O)c1ccc(NC(=O)C2(c3ccc4c(c3)OCO4)CC2)nc1.[HH]. The van der Waals surface area contributed by atoms with Crippen molar-refractivity contribution >= 4 is 11.7 Å². The molecule has 2 aromatic carbocycles. The molecule has 0 spiro atoms. The number of rotatable bonds is 6. The van der Waals surface area contributed by atoms with Crippen molar-refractivity contribution in [1.82, 2.24) is 4.98 Å². The quantitative estimate of drug-likeness (QED) is 0.630. The number of aromatic nitrogens is 1. The highest BCUT2D eigenvalue weighted by Crippen LogP contribution is 2.51. The second kappa shape index (κ2) is 7.59. The Morgan fingerprint density at radius 2 is 1.97 bits per heavy atom. The molecule has 160 valence electrons. The standard InChI is InChI=1S/C24H22N2O5.H2/c1-29-18-5-3-2-4-17(18)22(27)15-6-9-21(25-13-15)26-23(28)24(10-11-24)16-7-8-19-20(12-16)31-14-30-19;/h2-9,12-13,22,27H,10-11,14H2,1H3,(H,25,26,28);1H. The molecule has 0 bridgehead atoms. The van der Waals surface area contributed by atoms with Crippen molar-refractivity contribution < 1.29 is 25.5 Å². The molecule has 0 radical (unpaired) electrons. The van der Waals surface area contributed by atoms with Crippen LogP contribution >= 0.6 is 0 Å². The van der Waals surface area contributed by atoms with E-state index in [1.54, 1.807) is 37.6 Å². The Balaban J connectivity index is 0.00000245. The summed E-state index contributed by atoms with van der Waals surface area (Å²) in [6.45, 7) is 0.203. The van der Waals surface area contributed by atoms with Crippen LogP contribution in [0.5, 0.6) is 17.2 Å². The minimum absolute atomic E-state index is 0. The van der Waals surface area contributed by atoms with Crippen LogP contribution < -0.4 is 19.5 Å². The second-order valence-corrected chi connectivity index (χ2v) is 7.73. The number of ether oxygens (including phenoxy) is 3. The van der Waals surface area contributed by atoms with Gasteiger partial charge < -0.3 is 24.6 Å². The molecule has 1 aliphatic carbocycles. The van der Waals surface area contributed by atoms with Gasteiger partial charge in [-0.1, -0.05) is 30.3 Å². The van der Waals surface area contributed by atoms with Crippen LogP contribution in [0, 0.1) is 0 Å². The Kier molecular flexibility index (Phi) is 4.75. The van der Waals surface area contributed by atoms with Crippen molar-refractivity contribution in [3.05, 3.63) is 77.5 Å². The van der Waals surface area contributed by atoms with Crippen LogP contribution in [0.1, 0.15) is 37.1 Å². The summed E-state index contributed by atoms with van der Waals surface area (Å²) in [4.78, 5) is 17.4. The van der Waals surface area contributed by atoms with Crippen LogP contribution in [0.2, 0.25) is 0 Å². The van der Waals surface area contributed by atoms with E-state index in [2.05, 4.69) is 10.3 Å². The minimum atomic E-state index is -0.878. The lowest BCUT2D eigenvalue weighted by Gasteiger charge is -2.17. The van der Waals surface area contributed by atoms with Crippen molar-refractivity contribution in [1.29, 1.82) is 0 Å². The third-order valence-electron chi connectivity index (χ3n) is 5.89. The lowest BCUT2D eigenvalue weighted by atomic mass is 9.94. The van der Waals surface area contributed by atoms with Gasteiger partial charge in [-0.2, -0.15) is 0 Å². The Bertz CT molecular complexity index is 1130. The number of hydrogen-bond acceptors (Lipinski definition) is 6. The maximum absolute atomic E-state index is 13.0. The summed E-state index contributed by atoms with van der Waals surface area (Å²) in [7, 11) is 1.57. The number of hydrogen-bond donors (Lipinski definition) is 2. The van der Waals surface area contributed by atoms with Gasteiger partial charge in [0, 0.05) is 18.8 Å². The van der Waals surface area contributed by atoms with Crippen molar-refractivity contribution in [2.75, 3.05) is 19.2 Å². The third kappa shape index (κ3) is 3.47. The van der Waals surface area contributed by atoms with E-state index in [4.69, 9.17) is 14.2 Å². The van der Waals surface area contributed by atoms with Gasteiger partial charge in [0.15, 0.2) is 11.5 Å². The lowest BCUT2D eigenvalue weighted by molar-refractivity contribution is -0.118. The van der Waals surface area contributed by atoms with Gasteiger partial charge in [0.1, 0.15) is 17.7 Å². The van der Waals surface area contributed by atoms with Crippen LogP contribution in [-0.4, -0.2) is 29.9 Å². The van der Waals surface area contributed by atoms with Crippen molar-refractivity contribution in [3.63, 3.8) is 0 Å². The number of carbonyl (C=O) groups is 1. The monoisotopic (exact) mass is 420 g/mol. The van der Waals surface area contributed by atoms with Gasteiger partial charge in [0.05, 0.1) is 12.5 Å². The van der Waals surface area contributed by atoms with Gasteiger partial charge in [-0.3, -0.25) is 4.79 Å². The predicted molar refractivity (Wildman–Crippen MR) is 116 cm³/mol. The number of aliphatic hydroxyl groups is 1. The zero-order chi connectivity index (χ0) is 21.4. The van der Waals surface area contributed by atoms with Gasteiger partial charge >= 0.3 is 0 Å². The van der Waals surface area contributed by atoms with Crippen molar-refractivity contribution in [3.8, 4) is 17.2 Å². The molecule has 2 N–H and O–H groups in total. The molecule has 1 amide bonds. The summed E-state index contributed by atoms with van der Waals surface area (Å²) in [5.41, 5.74) is 1.61. The number of nitrogens with zero attached hydrogens (tertiary/aromatic N) is 1. The molecule has 31 heavy (non-hydrogen) atoms. The fraction of sp³-hybridized carbons (Fsp3) is 0.250. The number of carbonyl (C=O) groups excluding carboxylic acids is 1. The van der Waals surface area contributed by atoms with Crippen LogP contribution in [0.15, 0.2) is 60.8 Å². The molecular weight excluding hydrogens is 396 g/mol. The number of nitrogens with one attached hydrogen (secondary N) is 1. The van der Waals surface area contributed by atoms with Crippen LogP contribution in [0.3, 0.4) is 0 Å². The molecule has 1 unspecified atom stereocenters. The van der Waals surface area contributed by atoms with E-state index >= 15 is 0 Å². The molecule has 5 rings (SSSR count). The molecule has 0 saturated heterocycles. The van der Waals surface area contributed by atoms with Gasteiger partial charge in [-0.05, 0) is 42.7 Å². The largest absolute Gasteiger partial charge is 0.496 e. The summed E-state index contributed by atoms with van der Waals surface area (Å²) >= 11 is 0. The third-order valence-corrected chi connectivity index (χ3v) is 5.89. The fourth-order valence-electron chi connectivity index (χ4n) is 3.91. The van der Waals surface area contributed by atoms with Crippen LogP contribution in [0.4, 0.5) is 5.82 Å². The molecular formula is C24H24N2O5. The molecule has 3 aromatic rings. The van der Waals surface area contributed by atoms with E-state index < -0.39 is 11.5 Å². The Morgan fingerprint density at radius 3 is 2.71 bits per heavy atom. The molecule has 1 fully saturated rings. The highest BCUT2D eigenvalue weighted by Gasteiger charge is 2.51. The van der Waals surface area contributed by atoms with E-state index in [1.165, 1.54) is 0 Å². The zero-order valence-corrected chi connectivity index (χ0v) is 17.0. The topological polar surface area (TPSA) is 89.9 Å². The van der Waals surface area contributed by atoms with Gasteiger partial charge in [-0.25, -0.2) is 4.98 Å². The molecule has 1 saturated carbocycles. The second-order valence-electron chi connectivity index (χ2n) is 7.73. The summed E-state index contributed by atoms with van der Waals surface area (Å²) in [5.74, 6) is 2.31. The fourth-order valence-corrected chi connectivity index (χ4v) is 3.91. The number of fused-ring (bicyclic) bond motifs is 1. The summed E-state index contributed by atoms with van der Waals surface area (Å²) < 4.78 is 16.1. The van der Waals surface area contributed by atoms with Crippen LogP contribution in [-0.2, 0) is 10.2 Å². The highest BCUT2D eigenvalue weighted by atomic mass is 16.7. The first-order chi connectivity index (χ1) is 15.1. The zero-order valence-electron chi connectivity index (χ0n) is 17.0. The first-order valence-electron chi connectivity index (χ1n) is 10.1. The van der Waals surface area contributed by atoms with Crippen LogP contribution in [0.25, 0.3) is 0 Å². The average molecular weight is 420 g/mol. The van der Waals surface area contributed by atoms with Crippen molar-refractivity contribution in [2.45, 2.75) is 24.4 Å². The molecule has 2 heterocycles. The molecule has 1 aromatic heterocycles. The molecule has 7 nitrogen and oxygen atoms in total. The smallest absolute Gasteiger partial charge is 0.236 e. The van der Waals surface area contributed by atoms with Gasteiger partial charge in [0.2, 0.25) is 12.7 Å². The van der Waals surface area contributed by atoms with Crippen molar-refractivity contribution in [2.24, 2.45) is 0 Å². The molecule has 1 atom stereocenters. The Labute approximate surface area is 181 Å². The van der Waals surface area contributed by atoms with Gasteiger partial charge in [-0.15, -0.1) is 0 Å². The number of amides is 1. The first kappa shape index (κ1) is 19.4. The number of para-hydroxylation sites is 1. The van der Waals surface area contributed by atoms with E-state index in [1.807, 2.05) is 30.3 Å². The highest BCUT2D eigenvalue weighted by molar-refractivity contribution is 6.01. The molecule has 1 aliphatic heterocycles.